The first kappa shape index (κ1) is 49.1. The average Bonchev–Trinajstić information content (AvgIpc) is 3.92. The van der Waals surface area contributed by atoms with Gasteiger partial charge in [0.15, 0.2) is 0 Å². The summed E-state index contributed by atoms with van der Waals surface area (Å²) in [6.45, 7) is 7.83. The van der Waals surface area contributed by atoms with Crippen LogP contribution in [0.25, 0.3) is 10.9 Å². The lowest BCUT2D eigenvalue weighted by Gasteiger charge is -2.28. The standard InChI is InChI=1S/C23H31N3O4S2.C20H28N4O4/c1-15(2)12-17(18(22(28)26-30)14-32-20-10-7-11-31-20)21(27)25-19(23(29)24-3)13-16-8-5-4-6-9-16;1-12(2)8-13(10-18(25)24-28)19(26)23-17(20(27)21-3)9-14-11-22-16-7-5-4-6-15(14)16/h4-11,15,17-19,30H,12-14H2,1-3H3,(H,24,29)(H,25,27)(H,26,28);4-7,11-13,17,22,28H,8-10H2,1-3H3,(H,21,27)(H,23,26)(H,24,25)/t17-,18+,19+;13-,17+/m11/s1. The predicted molar refractivity (Wildman–Crippen MR) is 233 cm³/mol. The molecule has 326 valence electrons. The van der Waals surface area contributed by atoms with E-state index in [0.29, 0.717) is 31.4 Å². The van der Waals surface area contributed by atoms with Gasteiger partial charge in [-0.15, -0.1) is 23.1 Å². The summed E-state index contributed by atoms with van der Waals surface area (Å²) in [5.41, 5.74) is 6.07. The highest BCUT2D eigenvalue weighted by molar-refractivity contribution is 8.01. The number of rotatable bonds is 21. The molecule has 0 saturated heterocycles. The molecular formula is C43H59N7O8S2. The number of amides is 6. The SMILES string of the molecule is CNC(=O)[C@H](Cc1c[nH]c2ccccc12)NC(=O)[C@@H](CC(=O)NO)CC(C)C.CNC(=O)[C@H](Cc1ccccc1)NC(=O)[C@H](CC(C)C)[C@H](CSc1cccs1)C(=O)NO. The summed E-state index contributed by atoms with van der Waals surface area (Å²) in [7, 11) is 3.04. The Morgan fingerprint density at radius 2 is 1.30 bits per heavy atom. The molecule has 9 N–H and O–H groups in total. The molecule has 6 amide bonds. The van der Waals surface area contributed by atoms with Gasteiger partial charge in [0, 0.05) is 62.1 Å². The minimum atomic E-state index is -0.774. The fraction of sp³-hybridized carbons (Fsp3) is 0.442. The number of benzene rings is 2. The Labute approximate surface area is 359 Å². The second-order valence-corrected chi connectivity index (χ2v) is 17.5. The van der Waals surface area contributed by atoms with Crippen LogP contribution in [0.2, 0.25) is 0 Å². The summed E-state index contributed by atoms with van der Waals surface area (Å²) < 4.78 is 1.02. The number of hydroxylamine groups is 2. The van der Waals surface area contributed by atoms with Gasteiger partial charge in [0.2, 0.25) is 35.4 Å². The van der Waals surface area contributed by atoms with E-state index >= 15 is 0 Å². The number of thiophene rings is 1. The van der Waals surface area contributed by atoms with Crippen LogP contribution in [-0.4, -0.2) is 82.8 Å². The molecule has 15 nitrogen and oxygen atoms in total. The number of nitrogens with one attached hydrogen (secondary N) is 7. The number of H-pyrrole nitrogens is 1. The first-order valence-electron chi connectivity index (χ1n) is 19.9. The van der Waals surface area contributed by atoms with Crippen molar-refractivity contribution < 1.29 is 39.2 Å². The van der Waals surface area contributed by atoms with Crippen molar-refractivity contribution in [3.8, 4) is 0 Å². The zero-order chi connectivity index (χ0) is 44.2. The number of hydrogen-bond donors (Lipinski definition) is 9. The van der Waals surface area contributed by atoms with E-state index in [9.17, 15) is 34.0 Å². The van der Waals surface area contributed by atoms with Gasteiger partial charge in [0.05, 0.1) is 16.0 Å². The minimum absolute atomic E-state index is 0.138. The molecule has 0 aliphatic rings. The first-order valence-corrected chi connectivity index (χ1v) is 21.7. The van der Waals surface area contributed by atoms with Gasteiger partial charge in [0.25, 0.3) is 0 Å². The fourth-order valence-electron chi connectivity index (χ4n) is 6.76. The second kappa shape index (κ2) is 25.4. The molecule has 4 rings (SSSR count). The summed E-state index contributed by atoms with van der Waals surface area (Å²) in [6, 6.07) is 19.5. The highest BCUT2D eigenvalue weighted by atomic mass is 32.2. The third-order valence-corrected chi connectivity index (χ3v) is 12.0. The maximum atomic E-state index is 13.4. The summed E-state index contributed by atoms with van der Waals surface area (Å²) in [5.74, 6) is -4.04. The van der Waals surface area contributed by atoms with Crippen LogP contribution in [0.5, 0.6) is 0 Å². The summed E-state index contributed by atoms with van der Waals surface area (Å²) >= 11 is 3.02. The molecule has 0 fully saturated rings. The number of hydrogen-bond acceptors (Lipinski definition) is 10. The maximum absolute atomic E-state index is 13.4. The van der Waals surface area contributed by atoms with Crippen molar-refractivity contribution >= 4 is 69.4 Å². The Kier molecular flexibility index (Phi) is 20.8. The van der Waals surface area contributed by atoms with Crippen molar-refractivity contribution in [1.29, 1.82) is 0 Å². The molecule has 0 radical (unpaired) electrons. The number of fused-ring (bicyclic) bond motifs is 1. The van der Waals surface area contributed by atoms with E-state index in [1.54, 1.807) is 22.3 Å². The Morgan fingerprint density at radius 1 is 0.683 bits per heavy atom. The van der Waals surface area contributed by atoms with Crippen molar-refractivity contribution in [2.75, 3.05) is 19.8 Å². The third-order valence-electron chi connectivity index (χ3n) is 9.72. The molecule has 0 spiro atoms. The number of likely N-dealkylation sites (N-methyl/N-ethyl adjacent to an activating group) is 2. The number of aromatic nitrogens is 1. The first-order chi connectivity index (χ1) is 28.7. The smallest absolute Gasteiger partial charge is 0.248 e. The Morgan fingerprint density at radius 3 is 1.88 bits per heavy atom. The molecule has 0 aliphatic heterocycles. The van der Waals surface area contributed by atoms with Gasteiger partial charge in [0.1, 0.15) is 12.1 Å². The summed E-state index contributed by atoms with van der Waals surface area (Å²) in [6.07, 6.45) is 3.25. The lowest BCUT2D eigenvalue weighted by atomic mass is 9.84. The number of para-hydroxylation sites is 1. The molecule has 60 heavy (non-hydrogen) atoms. The average molecular weight is 866 g/mol. The molecule has 0 unspecified atom stereocenters. The third kappa shape index (κ3) is 15.7. The van der Waals surface area contributed by atoms with E-state index in [-0.39, 0.29) is 41.9 Å². The monoisotopic (exact) mass is 865 g/mol. The number of carbonyl (C=O) groups excluding carboxylic acids is 6. The molecule has 17 heteroatoms. The van der Waals surface area contributed by atoms with E-state index in [1.807, 2.05) is 106 Å². The second-order valence-electron chi connectivity index (χ2n) is 15.2. The van der Waals surface area contributed by atoms with E-state index in [1.165, 1.54) is 25.9 Å². The molecule has 2 aromatic carbocycles. The lowest BCUT2D eigenvalue weighted by molar-refractivity contribution is -0.140. The zero-order valence-corrected chi connectivity index (χ0v) is 36.6. The van der Waals surface area contributed by atoms with Gasteiger partial charge < -0.3 is 26.3 Å². The molecule has 0 bridgehead atoms. The van der Waals surface area contributed by atoms with E-state index < -0.39 is 41.7 Å². The minimum Gasteiger partial charge on any atom is -0.361 e. The Balaban J connectivity index is 0.000000323. The zero-order valence-electron chi connectivity index (χ0n) is 35.0. The quantitative estimate of drug-likeness (QED) is 0.0324. The van der Waals surface area contributed by atoms with Crippen molar-refractivity contribution in [3.63, 3.8) is 0 Å². The Bertz CT molecular complexity index is 1970. The highest BCUT2D eigenvalue weighted by Crippen LogP contribution is 2.31. The van der Waals surface area contributed by atoms with Gasteiger partial charge in [-0.25, -0.2) is 11.0 Å². The van der Waals surface area contributed by atoms with Crippen LogP contribution in [0.1, 0.15) is 58.1 Å². The van der Waals surface area contributed by atoms with Crippen LogP contribution >= 0.6 is 23.1 Å². The van der Waals surface area contributed by atoms with Gasteiger partial charge in [-0.05, 0) is 53.3 Å². The molecule has 0 aliphatic carbocycles. The van der Waals surface area contributed by atoms with Gasteiger partial charge in [-0.2, -0.15) is 0 Å². The highest BCUT2D eigenvalue weighted by Gasteiger charge is 2.36. The van der Waals surface area contributed by atoms with Crippen LogP contribution in [0.3, 0.4) is 0 Å². The normalized spacial score (nSPS) is 13.5. The van der Waals surface area contributed by atoms with Crippen molar-refractivity contribution in [2.45, 2.75) is 76.1 Å². The Hall–Kier alpha value is -5.23. The van der Waals surface area contributed by atoms with Crippen molar-refractivity contribution in [1.82, 2.24) is 37.2 Å². The number of aromatic amines is 1. The lowest BCUT2D eigenvalue weighted by Crippen LogP contribution is -2.51. The van der Waals surface area contributed by atoms with Crippen molar-refractivity contribution in [2.24, 2.45) is 29.6 Å². The van der Waals surface area contributed by atoms with Crippen LogP contribution in [0.4, 0.5) is 0 Å². The largest absolute Gasteiger partial charge is 0.361 e. The van der Waals surface area contributed by atoms with Gasteiger partial charge in [-0.3, -0.25) is 39.2 Å². The van der Waals surface area contributed by atoms with Crippen LogP contribution < -0.4 is 32.2 Å². The van der Waals surface area contributed by atoms with E-state index in [0.717, 1.165) is 26.2 Å². The topological polar surface area (TPSA) is 231 Å². The summed E-state index contributed by atoms with van der Waals surface area (Å²) in [5, 5.41) is 31.9. The maximum Gasteiger partial charge on any atom is 0.248 e. The van der Waals surface area contributed by atoms with Crippen LogP contribution in [0, 0.1) is 29.6 Å². The number of carbonyl (C=O) groups is 6. The number of thioether (sulfide) groups is 1. The van der Waals surface area contributed by atoms with Crippen LogP contribution in [-0.2, 0) is 41.6 Å². The fourth-order valence-corrected chi connectivity index (χ4v) is 8.76. The van der Waals surface area contributed by atoms with E-state index in [2.05, 4.69) is 26.3 Å². The molecule has 4 aromatic rings. The molecule has 0 saturated carbocycles. The predicted octanol–water partition coefficient (Wildman–Crippen LogP) is 4.60. The molecule has 2 aromatic heterocycles. The van der Waals surface area contributed by atoms with E-state index in [4.69, 9.17) is 5.21 Å². The molecular weight excluding hydrogens is 807 g/mol. The molecule has 5 atom stereocenters. The van der Waals surface area contributed by atoms with Gasteiger partial charge >= 0.3 is 0 Å². The molecule has 2 heterocycles. The summed E-state index contributed by atoms with van der Waals surface area (Å²) in [4.78, 5) is 78.3. The van der Waals surface area contributed by atoms with Gasteiger partial charge in [-0.1, -0.05) is 82.3 Å². The van der Waals surface area contributed by atoms with Crippen molar-refractivity contribution in [3.05, 3.63) is 89.4 Å². The van der Waals surface area contributed by atoms with Crippen LogP contribution in [0.15, 0.2) is 82.5 Å².